The summed E-state index contributed by atoms with van der Waals surface area (Å²) in [5.41, 5.74) is 1.09. The maximum absolute atomic E-state index is 12.3. The van der Waals surface area contributed by atoms with Crippen molar-refractivity contribution < 1.29 is 22.4 Å². The topological polar surface area (TPSA) is 129 Å². The second-order valence-electron chi connectivity index (χ2n) is 6.23. The number of hydrogen-bond acceptors (Lipinski definition) is 6. The van der Waals surface area contributed by atoms with E-state index < -0.39 is 27.7 Å². The molecule has 146 valence electrons. The molecular formula is C19H18N2O6S. The Morgan fingerprint density at radius 1 is 1.14 bits per heavy atom. The molecular weight excluding hydrogens is 384 g/mol. The predicted molar refractivity (Wildman–Crippen MR) is 104 cm³/mol. The van der Waals surface area contributed by atoms with E-state index in [-0.39, 0.29) is 4.90 Å². The first-order valence-corrected chi connectivity index (χ1v) is 9.83. The Morgan fingerprint density at radius 2 is 1.82 bits per heavy atom. The van der Waals surface area contributed by atoms with Crippen LogP contribution in [-0.4, -0.2) is 20.4 Å². The molecule has 0 spiro atoms. The number of carbonyl (C=O) groups excluding carboxylic acids is 1. The summed E-state index contributed by atoms with van der Waals surface area (Å²) in [5, 5.41) is 8.44. The van der Waals surface area contributed by atoms with E-state index in [4.69, 9.17) is 14.3 Å². The van der Waals surface area contributed by atoms with Crippen LogP contribution >= 0.6 is 0 Å². The summed E-state index contributed by atoms with van der Waals surface area (Å²) >= 11 is 0. The summed E-state index contributed by atoms with van der Waals surface area (Å²) in [4.78, 5) is 23.8. The molecule has 0 saturated carbocycles. The second kappa shape index (κ2) is 7.45. The molecule has 1 unspecified atom stereocenters. The first-order chi connectivity index (χ1) is 13.1. The molecule has 3 rings (SSSR count). The van der Waals surface area contributed by atoms with E-state index in [2.05, 4.69) is 5.32 Å². The minimum absolute atomic E-state index is 0.0530. The fourth-order valence-electron chi connectivity index (χ4n) is 2.61. The Hall–Kier alpha value is -3.17. The number of amides is 1. The first kappa shape index (κ1) is 19.6. The van der Waals surface area contributed by atoms with Gasteiger partial charge in [-0.2, -0.15) is 0 Å². The zero-order valence-corrected chi connectivity index (χ0v) is 15.9. The average molecular weight is 402 g/mol. The lowest BCUT2D eigenvalue weighted by Gasteiger charge is -2.15. The lowest BCUT2D eigenvalue weighted by molar-refractivity contribution is -0.122. The quantitative estimate of drug-likeness (QED) is 0.629. The molecule has 3 N–H and O–H groups in total. The normalized spacial score (nSPS) is 12.5. The number of sulfonamides is 1. The zero-order valence-electron chi connectivity index (χ0n) is 15.1. The zero-order chi connectivity index (χ0) is 20.5. The van der Waals surface area contributed by atoms with Gasteiger partial charge >= 0.3 is 5.63 Å². The monoisotopic (exact) mass is 402 g/mol. The Bertz CT molecular complexity index is 1200. The van der Waals surface area contributed by atoms with Crippen molar-refractivity contribution in [3.63, 3.8) is 0 Å². The van der Waals surface area contributed by atoms with Gasteiger partial charge in [-0.3, -0.25) is 4.79 Å². The summed E-state index contributed by atoms with van der Waals surface area (Å²) in [6, 6.07) is 11.8. The summed E-state index contributed by atoms with van der Waals surface area (Å²) in [7, 11) is -3.80. The van der Waals surface area contributed by atoms with Gasteiger partial charge in [0.2, 0.25) is 10.0 Å². The maximum Gasteiger partial charge on any atom is 0.336 e. The third-order valence-electron chi connectivity index (χ3n) is 4.06. The van der Waals surface area contributed by atoms with Gasteiger partial charge in [-0.25, -0.2) is 18.4 Å². The molecule has 8 nitrogen and oxygen atoms in total. The summed E-state index contributed by atoms with van der Waals surface area (Å²) in [6.45, 7) is 3.36. The predicted octanol–water partition coefficient (Wildman–Crippen LogP) is 2.15. The van der Waals surface area contributed by atoms with E-state index in [9.17, 15) is 18.0 Å². The Balaban J connectivity index is 1.72. The number of carbonyl (C=O) groups is 1. The van der Waals surface area contributed by atoms with Gasteiger partial charge in [0.15, 0.2) is 6.10 Å². The molecule has 0 saturated heterocycles. The van der Waals surface area contributed by atoms with Gasteiger partial charge < -0.3 is 14.5 Å². The van der Waals surface area contributed by atoms with Crippen LogP contribution in [0, 0.1) is 6.92 Å². The standard InChI is InChI=1S/C19H18N2O6S/c1-11-9-18(22)27-17-10-14(5-8-16(11)17)26-12(2)19(23)21-13-3-6-15(7-4-13)28(20,24)25/h3-10,12H,1-2H3,(H,21,23)(H2,20,24,25). The maximum atomic E-state index is 12.3. The van der Waals surface area contributed by atoms with Crippen LogP contribution in [0.25, 0.3) is 11.0 Å². The van der Waals surface area contributed by atoms with Crippen LogP contribution in [0.1, 0.15) is 12.5 Å². The van der Waals surface area contributed by atoms with E-state index in [1.807, 2.05) is 0 Å². The number of anilines is 1. The molecule has 0 aliphatic carbocycles. The Morgan fingerprint density at radius 3 is 2.46 bits per heavy atom. The molecule has 3 aromatic rings. The highest BCUT2D eigenvalue weighted by atomic mass is 32.2. The van der Waals surface area contributed by atoms with Crippen LogP contribution in [-0.2, 0) is 14.8 Å². The molecule has 1 amide bonds. The van der Waals surface area contributed by atoms with Crippen molar-refractivity contribution >= 4 is 32.6 Å². The van der Waals surface area contributed by atoms with Gasteiger partial charge in [-0.05, 0) is 55.8 Å². The fraction of sp³-hybridized carbons (Fsp3) is 0.158. The third kappa shape index (κ3) is 4.38. The summed E-state index contributed by atoms with van der Waals surface area (Å²) in [6.07, 6.45) is -0.855. The molecule has 1 atom stereocenters. The first-order valence-electron chi connectivity index (χ1n) is 8.28. The smallest absolute Gasteiger partial charge is 0.336 e. The number of hydrogen-bond donors (Lipinski definition) is 2. The summed E-state index contributed by atoms with van der Waals surface area (Å²) < 4.78 is 33.3. The highest BCUT2D eigenvalue weighted by molar-refractivity contribution is 7.89. The third-order valence-corrected chi connectivity index (χ3v) is 4.98. The highest BCUT2D eigenvalue weighted by Crippen LogP contribution is 2.23. The number of nitrogens with one attached hydrogen (secondary N) is 1. The molecule has 1 aromatic heterocycles. The van der Waals surface area contributed by atoms with Crippen LogP contribution in [0.15, 0.2) is 62.6 Å². The molecule has 1 heterocycles. The number of nitrogens with two attached hydrogens (primary N) is 1. The van der Waals surface area contributed by atoms with Gasteiger partial charge in [0.25, 0.3) is 5.91 Å². The average Bonchev–Trinajstić information content (AvgIpc) is 2.60. The van der Waals surface area contributed by atoms with Crippen LogP contribution in [0.5, 0.6) is 5.75 Å². The molecule has 9 heteroatoms. The van der Waals surface area contributed by atoms with E-state index in [0.717, 1.165) is 10.9 Å². The van der Waals surface area contributed by atoms with Crippen molar-refractivity contribution in [3.8, 4) is 5.75 Å². The number of primary sulfonamides is 1. The number of rotatable bonds is 5. The SMILES string of the molecule is Cc1cc(=O)oc2cc(OC(C)C(=O)Nc3ccc(S(N)(=O)=O)cc3)ccc12. The summed E-state index contributed by atoms with van der Waals surface area (Å²) in [5.74, 6) is -0.0670. The molecule has 0 aliphatic heterocycles. The van der Waals surface area contributed by atoms with Crippen LogP contribution in [0.3, 0.4) is 0 Å². The van der Waals surface area contributed by atoms with Gasteiger partial charge in [-0.15, -0.1) is 0 Å². The van der Waals surface area contributed by atoms with Crippen molar-refractivity contribution in [1.82, 2.24) is 0 Å². The van der Waals surface area contributed by atoms with Crippen molar-refractivity contribution in [2.45, 2.75) is 24.8 Å². The molecule has 28 heavy (non-hydrogen) atoms. The molecule has 2 aromatic carbocycles. The molecule has 0 aliphatic rings. The Kier molecular flexibility index (Phi) is 5.21. The van der Waals surface area contributed by atoms with Crippen molar-refractivity contribution in [1.29, 1.82) is 0 Å². The minimum Gasteiger partial charge on any atom is -0.481 e. The highest BCUT2D eigenvalue weighted by Gasteiger charge is 2.16. The van der Waals surface area contributed by atoms with E-state index in [0.29, 0.717) is 17.0 Å². The van der Waals surface area contributed by atoms with Crippen LogP contribution < -0.4 is 20.8 Å². The second-order valence-corrected chi connectivity index (χ2v) is 7.79. The lowest BCUT2D eigenvalue weighted by atomic mass is 10.1. The van der Waals surface area contributed by atoms with E-state index in [1.165, 1.54) is 30.3 Å². The van der Waals surface area contributed by atoms with Crippen LogP contribution in [0.2, 0.25) is 0 Å². The lowest BCUT2D eigenvalue weighted by Crippen LogP contribution is -2.30. The molecule has 0 fully saturated rings. The molecule has 0 radical (unpaired) electrons. The number of aryl methyl sites for hydroxylation is 1. The fourth-order valence-corrected chi connectivity index (χ4v) is 3.12. The van der Waals surface area contributed by atoms with Crippen molar-refractivity contribution in [2.24, 2.45) is 5.14 Å². The van der Waals surface area contributed by atoms with Gasteiger partial charge in [-0.1, -0.05) is 0 Å². The Labute approximate surface area is 161 Å². The van der Waals surface area contributed by atoms with Gasteiger partial charge in [0.05, 0.1) is 4.90 Å². The van der Waals surface area contributed by atoms with E-state index in [1.54, 1.807) is 32.0 Å². The number of benzene rings is 2. The van der Waals surface area contributed by atoms with E-state index >= 15 is 0 Å². The van der Waals surface area contributed by atoms with Gasteiger partial charge in [0, 0.05) is 23.2 Å². The van der Waals surface area contributed by atoms with Crippen molar-refractivity contribution in [2.75, 3.05) is 5.32 Å². The van der Waals surface area contributed by atoms with Crippen LogP contribution in [0.4, 0.5) is 5.69 Å². The number of ether oxygens (including phenoxy) is 1. The largest absolute Gasteiger partial charge is 0.481 e. The molecule has 0 bridgehead atoms. The number of fused-ring (bicyclic) bond motifs is 1. The van der Waals surface area contributed by atoms with Gasteiger partial charge in [0.1, 0.15) is 11.3 Å². The minimum atomic E-state index is -3.80. The van der Waals surface area contributed by atoms with Crippen molar-refractivity contribution in [3.05, 3.63) is 64.5 Å².